The van der Waals surface area contributed by atoms with Crippen molar-refractivity contribution in [3.63, 3.8) is 0 Å². The van der Waals surface area contributed by atoms with Crippen molar-refractivity contribution < 1.29 is 9.52 Å². The number of phenols is 1. The Kier molecular flexibility index (Phi) is 2.87. The molecule has 19 heavy (non-hydrogen) atoms. The van der Waals surface area contributed by atoms with Crippen LogP contribution in [0.3, 0.4) is 0 Å². The van der Waals surface area contributed by atoms with E-state index in [9.17, 15) is 5.11 Å². The number of oxazole rings is 1. The Balaban J connectivity index is 2.19. The number of aromatic nitrogens is 1. The third-order valence-electron chi connectivity index (χ3n) is 2.82. The van der Waals surface area contributed by atoms with E-state index in [0.29, 0.717) is 11.5 Å². The summed E-state index contributed by atoms with van der Waals surface area (Å²) in [4.78, 5) is 4.45. The highest BCUT2D eigenvalue weighted by Gasteiger charge is 2.12. The molecule has 0 saturated carbocycles. The molecule has 0 aliphatic rings. The number of benzene rings is 2. The second-order valence-corrected chi connectivity index (χ2v) is 5.08. The molecule has 4 heteroatoms. The molecule has 3 nitrogen and oxygen atoms in total. The molecule has 0 aliphatic heterocycles. The van der Waals surface area contributed by atoms with Crippen LogP contribution in [0.15, 0.2) is 53.5 Å². The third kappa shape index (κ3) is 2.15. The minimum Gasteiger partial charge on any atom is -0.508 e. The van der Waals surface area contributed by atoms with Gasteiger partial charge in [-0.2, -0.15) is 0 Å². The van der Waals surface area contributed by atoms with E-state index in [1.807, 2.05) is 18.2 Å². The molecule has 2 aromatic carbocycles. The fraction of sp³-hybridized carbons (Fsp3) is 0. The van der Waals surface area contributed by atoms with Crippen molar-refractivity contribution in [2.24, 2.45) is 0 Å². The number of para-hydroxylation sites is 1. The second-order valence-electron chi connectivity index (χ2n) is 4.12. The summed E-state index contributed by atoms with van der Waals surface area (Å²) < 4.78 is 6.56. The van der Waals surface area contributed by atoms with Crippen molar-refractivity contribution in [1.29, 1.82) is 0 Å². The first-order valence-electron chi connectivity index (χ1n) is 5.69. The van der Waals surface area contributed by atoms with Gasteiger partial charge in [-0.15, -0.1) is 0 Å². The van der Waals surface area contributed by atoms with Crippen LogP contribution in [0.25, 0.3) is 27.0 Å². The Morgan fingerprint density at radius 2 is 1.89 bits per heavy atom. The lowest BCUT2D eigenvalue weighted by atomic mass is 10.2. The molecule has 0 atom stereocenters. The first-order chi connectivity index (χ1) is 9.15. The summed E-state index contributed by atoms with van der Waals surface area (Å²) in [7, 11) is 0. The van der Waals surface area contributed by atoms with E-state index in [0.717, 1.165) is 21.1 Å². The van der Waals surface area contributed by atoms with E-state index < -0.39 is 0 Å². The van der Waals surface area contributed by atoms with Crippen LogP contribution in [0.4, 0.5) is 0 Å². The van der Waals surface area contributed by atoms with Gasteiger partial charge in [0.15, 0.2) is 5.58 Å². The summed E-state index contributed by atoms with van der Waals surface area (Å²) in [5.41, 5.74) is 3.18. The molecule has 1 N–H and O–H groups in total. The number of phenolic OH excluding ortho intramolecular Hbond substituents is 1. The van der Waals surface area contributed by atoms with Crippen LogP contribution in [0, 0.1) is 0 Å². The van der Waals surface area contributed by atoms with Gasteiger partial charge in [-0.3, -0.25) is 0 Å². The number of halogens is 1. The zero-order valence-corrected chi connectivity index (χ0v) is 11.5. The highest BCUT2D eigenvalue weighted by Crippen LogP contribution is 2.31. The normalized spacial score (nSPS) is 10.8. The van der Waals surface area contributed by atoms with Gasteiger partial charge in [0, 0.05) is 15.6 Å². The quantitative estimate of drug-likeness (QED) is 0.753. The maximum absolute atomic E-state index is 9.29. The monoisotopic (exact) mass is 315 g/mol. The van der Waals surface area contributed by atoms with Gasteiger partial charge < -0.3 is 9.52 Å². The zero-order chi connectivity index (χ0) is 13.4. The predicted molar refractivity (Wildman–Crippen MR) is 79.1 cm³/mol. The summed E-state index contributed by atoms with van der Waals surface area (Å²) in [6.07, 6.45) is 0. The van der Waals surface area contributed by atoms with E-state index in [1.54, 1.807) is 24.3 Å². The molecule has 0 unspecified atom stereocenters. The second kappa shape index (κ2) is 4.55. The summed E-state index contributed by atoms with van der Waals surface area (Å²) in [6, 6.07) is 12.5. The molecule has 0 bridgehead atoms. The predicted octanol–water partition coefficient (Wildman–Crippen LogP) is 4.57. The van der Waals surface area contributed by atoms with Crippen LogP contribution in [-0.2, 0) is 0 Å². The third-order valence-corrected chi connectivity index (χ3v) is 3.25. The van der Waals surface area contributed by atoms with Gasteiger partial charge in [-0.05, 0) is 36.4 Å². The summed E-state index contributed by atoms with van der Waals surface area (Å²) in [6.45, 7) is 3.86. The number of nitrogens with zero attached hydrogens (tertiary/aromatic N) is 1. The fourth-order valence-corrected chi connectivity index (χ4v) is 2.20. The van der Waals surface area contributed by atoms with Crippen molar-refractivity contribution in [2.75, 3.05) is 0 Å². The minimum absolute atomic E-state index is 0.217. The lowest BCUT2D eigenvalue weighted by Gasteiger charge is -1.97. The molecule has 0 amide bonds. The first-order valence-corrected chi connectivity index (χ1v) is 6.48. The standard InChI is InChI=1S/C15H10BrNO2/c1-9(16)12-3-2-4-13-14(12)19-15(17-13)10-5-7-11(18)8-6-10/h2-8,18H,1H2. The van der Waals surface area contributed by atoms with Gasteiger partial charge in [-0.25, -0.2) is 4.98 Å². The first kappa shape index (κ1) is 12.0. The van der Waals surface area contributed by atoms with E-state index in [4.69, 9.17) is 4.42 Å². The van der Waals surface area contributed by atoms with Crippen LogP contribution in [0.2, 0.25) is 0 Å². The maximum atomic E-state index is 9.29. The topological polar surface area (TPSA) is 46.3 Å². The van der Waals surface area contributed by atoms with Crippen LogP contribution in [0.1, 0.15) is 5.56 Å². The van der Waals surface area contributed by atoms with Gasteiger partial charge in [0.2, 0.25) is 5.89 Å². The van der Waals surface area contributed by atoms with Crippen molar-refractivity contribution in [3.05, 3.63) is 54.6 Å². The Labute approximate surface area is 118 Å². The highest BCUT2D eigenvalue weighted by atomic mass is 79.9. The van der Waals surface area contributed by atoms with Crippen molar-refractivity contribution in [3.8, 4) is 17.2 Å². The number of hydrogen-bond donors (Lipinski definition) is 1. The Morgan fingerprint density at radius 3 is 2.58 bits per heavy atom. The Bertz CT molecular complexity index is 759. The molecule has 0 aliphatic carbocycles. The molecule has 1 heterocycles. The van der Waals surface area contributed by atoms with Gasteiger partial charge >= 0.3 is 0 Å². The van der Waals surface area contributed by atoms with E-state index in [-0.39, 0.29) is 5.75 Å². The molecule has 3 rings (SSSR count). The fourth-order valence-electron chi connectivity index (χ4n) is 1.89. The Hall–Kier alpha value is -2.07. The van der Waals surface area contributed by atoms with E-state index in [2.05, 4.69) is 27.5 Å². The van der Waals surface area contributed by atoms with Crippen LogP contribution < -0.4 is 0 Å². The number of rotatable bonds is 2. The van der Waals surface area contributed by atoms with Crippen LogP contribution in [-0.4, -0.2) is 10.1 Å². The smallest absolute Gasteiger partial charge is 0.227 e. The summed E-state index contributed by atoms with van der Waals surface area (Å²) >= 11 is 3.36. The summed E-state index contributed by atoms with van der Waals surface area (Å²) in [5.74, 6) is 0.741. The molecule has 1 aromatic heterocycles. The Morgan fingerprint density at radius 1 is 1.16 bits per heavy atom. The van der Waals surface area contributed by atoms with Crippen LogP contribution in [0.5, 0.6) is 5.75 Å². The maximum Gasteiger partial charge on any atom is 0.227 e. The van der Waals surface area contributed by atoms with Crippen molar-refractivity contribution in [2.45, 2.75) is 0 Å². The molecular weight excluding hydrogens is 306 g/mol. The lowest BCUT2D eigenvalue weighted by molar-refractivity contribution is 0.475. The molecule has 0 fully saturated rings. The average molecular weight is 316 g/mol. The van der Waals surface area contributed by atoms with Gasteiger partial charge in [0.25, 0.3) is 0 Å². The SMILES string of the molecule is C=C(Br)c1cccc2nc(-c3ccc(O)cc3)oc12. The largest absolute Gasteiger partial charge is 0.508 e. The molecule has 3 aromatic rings. The van der Waals surface area contributed by atoms with Gasteiger partial charge in [-0.1, -0.05) is 28.6 Å². The van der Waals surface area contributed by atoms with Crippen molar-refractivity contribution in [1.82, 2.24) is 4.98 Å². The lowest BCUT2D eigenvalue weighted by Crippen LogP contribution is -1.76. The molecule has 0 saturated heterocycles. The molecule has 0 spiro atoms. The minimum atomic E-state index is 0.217. The zero-order valence-electron chi connectivity index (χ0n) is 9.93. The van der Waals surface area contributed by atoms with Gasteiger partial charge in [0.05, 0.1) is 0 Å². The molecule has 94 valence electrons. The number of aromatic hydroxyl groups is 1. The number of fused-ring (bicyclic) bond motifs is 1. The molecule has 0 radical (unpaired) electrons. The van der Waals surface area contributed by atoms with Crippen LogP contribution >= 0.6 is 15.9 Å². The highest BCUT2D eigenvalue weighted by molar-refractivity contribution is 9.15. The van der Waals surface area contributed by atoms with E-state index >= 15 is 0 Å². The molecular formula is C15H10BrNO2. The van der Waals surface area contributed by atoms with Crippen molar-refractivity contribution >= 4 is 31.5 Å². The van der Waals surface area contributed by atoms with Gasteiger partial charge in [0.1, 0.15) is 11.3 Å². The summed E-state index contributed by atoms with van der Waals surface area (Å²) in [5, 5.41) is 9.29. The average Bonchev–Trinajstić information content (AvgIpc) is 2.82. The number of hydrogen-bond acceptors (Lipinski definition) is 3. The van der Waals surface area contributed by atoms with E-state index in [1.165, 1.54) is 0 Å².